The van der Waals surface area contributed by atoms with Crippen molar-refractivity contribution in [1.82, 2.24) is 5.32 Å². The maximum absolute atomic E-state index is 12.6. The number of nitrogens with zero attached hydrogens (tertiary/aromatic N) is 1. The number of rotatable bonds is 6. The fourth-order valence-electron chi connectivity index (χ4n) is 3.35. The Balaban J connectivity index is 1.76. The number of carboxylic acid groups (broad SMARTS) is 1. The van der Waals surface area contributed by atoms with Crippen molar-refractivity contribution in [2.24, 2.45) is 0 Å². The van der Waals surface area contributed by atoms with Crippen molar-refractivity contribution < 1.29 is 19.5 Å². The normalized spacial score (nSPS) is 14.9. The van der Waals surface area contributed by atoms with Gasteiger partial charge in [-0.25, -0.2) is 0 Å². The molecule has 1 aliphatic heterocycles. The molecule has 0 bridgehead atoms. The van der Waals surface area contributed by atoms with Crippen molar-refractivity contribution in [3.63, 3.8) is 0 Å². The van der Waals surface area contributed by atoms with Crippen molar-refractivity contribution in [3.8, 4) is 0 Å². The minimum absolute atomic E-state index is 0.0910. The van der Waals surface area contributed by atoms with E-state index in [-0.39, 0.29) is 18.2 Å². The SMILES string of the molecule is Cc1ccccc1[C@H](CC(=O)O)NC(=O)c1ccc(N2CCCC2=O)cc1. The molecule has 6 heteroatoms. The maximum Gasteiger partial charge on any atom is 0.305 e. The van der Waals surface area contributed by atoms with Gasteiger partial charge in [0.1, 0.15) is 0 Å². The van der Waals surface area contributed by atoms with E-state index in [2.05, 4.69) is 5.32 Å². The molecular weight excluding hydrogens is 344 g/mol. The van der Waals surface area contributed by atoms with Gasteiger partial charge in [0.15, 0.2) is 0 Å². The third-order valence-electron chi connectivity index (χ3n) is 4.76. The number of hydrogen-bond donors (Lipinski definition) is 2. The van der Waals surface area contributed by atoms with E-state index in [1.165, 1.54) is 0 Å². The van der Waals surface area contributed by atoms with E-state index in [4.69, 9.17) is 0 Å². The summed E-state index contributed by atoms with van der Waals surface area (Å²) in [5.74, 6) is -1.23. The predicted octanol–water partition coefficient (Wildman–Crippen LogP) is 3.07. The molecule has 2 aromatic rings. The third-order valence-corrected chi connectivity index (χ3v) is 4.76. The van der Waals surface area contributed by atoms with Gasteiger partial charge in [-0.05, 0) is 48.7 Å². The zero-order valence-electron chi connectivity index (χ0n) is 15.1. The van der Waals surface area contributed by atoms with Gasteiger partial charge in [-0.1, -0.05) is 24.3 Å². The Hall–Kier alpha value is -3.15. The van der Waals surface area contributed by atoms with Crippen molar-refractivity contribution in [1.29, 1.82) is 0 Å². The summed E-state index contributed by atoms with van der Waals surface area (Å²) < 4.78 is 0. The van der Waals surface area contributed by atoms with Crippen LogP contribution in [0.5, 0.6) is 0 Å². The van der Waals surface area contributed by atoms with Crippen LogP contribution in [0.25, 0.3) is 0 Å². The number of carbonyl (C=O) groups excluding carboxylic acids is 2. The molecule has 0 saturated carbocycles. The number of carbonyl (C=O) groups is 3. The smallest absolute Gasteiger partial charge is 0.305 e. The van der Waals surface area contributed by atoms with Gasteiger partial charge in [-0.3, -0.25) is 14.4 Å². The molecular formula is C21H22N2O4. The van der Waals surface area contributed by atoms with Crippen LogP contribution < -0.4 is 10.2 Å². The fourth-order valence-corrected chi connectivity index (χ4v) is 3.35. The molecule has 27 heavy (non-hydrogen) atoms. The number of hydrogen-bond acceptors (Lipinski definition) is 3. The van der Waals surface area contributed by atoms with Crippen LogP contribution >= 0.6 is 0 Å². The van der Waals surface area contributed by atoms with E-state index in [0.717, 1.165) is 23.2 Å². The first kappa shape index (κ1) is 18.6. The van der Waals surface area contributed by atoms with Crippen LogP contribution in [0.4, 0.5) is 5.69 Å². The third kappa shape index (κ3) is 4.34. The molecule has 0 unspecified atom stereocenters. The van der Waals surface area contributed by atoms with Gasteiger partial charge in [0.2, 0.25) is 5.91 Å². The Morgan fingerprint density at radius 2 is 1.85 bits per heavy atom. The van der Waals surface area contributed by atoms with Gasteiger partial charge in [-0.2, -0.15) is 0 Å². The molecule has 0 aliphatic carbocycles. The van der Waals surface area contributed by atoms with Crippen molar-refractivity contribution in [3.05, 3.63) is 65.2 Å². The first-order chi connectivity index (χ1) is 13.0. The van der Waals surface area contributed by atoms with Gasteiger partial charge < -0.3 is 15.3 Å². The van der Waals surface area contributed by atoms with E-state index < -0.39 is 12.0 Å². The first-order valence-electron chi connectivity index (χ1n) is 8.94. The van der Waals surface area contributed by atoms with Gasteiger partial charge in [0.05, 0.1) is 12.5 Å². The summed E-state index contributed by atoms with van der Waals surface area (Å²) in [5.41, 5.74) is 2.91. The van der Waals surface area contributed by atoms with Gasteiger partial charge in [0.25, 0.3) is 5.91 Å². The van der Waals surface area contributed by atoms with Crippen LogP contribution in [-0.4, -0.2) is 29.4 Å². The minimum atomic E-state index is -0.980. The molecule has 140 valence electrons. The summed E-state index contributed by atoms with van der Waals surface area (Å²) in [6, 6.07) is 13.6. The predicted molar refractivity (Wildman–Crippen MR) is 102 cm³/mol. The van der Waals surface area contributed by atoms with Crippen LogP contribution in [0.15, 0.2) is 48.5 Å². The number of carboxylic acids is 1. The Morgan fingerprint density at radius 3 is 2.44 bits per heavy atom. The van der Waals surface area contributed by atoms with E-state index >= 15 is 0 Å². The number of nitrogens with one attached hydrogen (secondary N) is 1. The lowest BCUT2D eigenvalue weighted by molar-refractivity contribution is -0.137. The number of aliphatic carboxylic acids is 1. The fraction of sp³-hybridized carbons (Fsp3) is 0.286. The summed E-state index contributed by atoms with van der Waals surface area (Å²) in [4.78, 5) is 37.4. The van der Waals surface area contributed by atoms with Crippen molar-refractivity contribution in [2.75, 3.05) is 11.4 Å². The zero-order valence-corrected chi connectivity index (χ0v) is 15.1. The molecule has 1 heterocycles. The zero-order chi connectivity index (χ0) is 19.4. The lowest BCUT2D eigenvalue weighted by Gasteiger charge is -2.20. The first-order valence-corrected chi connectivity index (χ1v) is 8.94. The van der Waals surface area contributed by atoms with Gasteiger partial charge in [-0.15, -0.1) is 0 Å². The highest BCUT2D eigenvalue weighted by Crippen LogP contribution is 2.23. The largest absolute Gasteiger partial charge is 0.481 e. The van der Waals surface area contributed by atoms with E-state index in [1.807, 2.05) is 31.2 Å². The highest BCUT2D eigenvalue weighted by atomic mass is 16.4. The molecule has 0 radical (unpaired) electrons. The van der Waals surface area contributed by atoms with E-state index in [0.29, 0.717) is 18.5 Å². The number of aryl methyl sites for hydroxylation is 1. The monoisotopic (exact) mass is 366 g/mol. The summed E-state index contributed by atoms with van der Waals surface area (Å²) in [6.07, 6.45) is 1.20. The van der Waals surface area contributed by atoms with Crippen LogP contribution in [0.3, 0.4) is 0 Å². The minimum Gasteiger partial charge on any atom is -0.481 e. The second kappa shape index (κ2) is 8.03. The quantitative estimate of drug-likeness (QED) is 0.823. The lowest BCUT2D eigenvalue weighted by atomic mass is 9.98. The molecule has 1 atom stereocenters. The highest BCUT2D eigenvalue weighted by Gasteiger charge is 2.23. The Morgan fingerprint density at radius 1 is 1.15 bits per heavy atom. The molecule has 2 N–H and O–H groups in total. The molecule has 3 rings (SSSR count). The second-order valence-electron chi connectivity index (χ2n) is 6.68. The van der Waals surface area contributed by atoms with Gasteiger partial charge >= 0.3 is 5.97 Å². The number of amides is 2. The van der Waals surface area contributed by atoms with E-state index in [1.54, 1.807) is 29.2 Å². The van der Waals surface area contributed by atoms with Crippen LogP contribution in [0.1, 0.15) is 46.8 Å². The molecule has 0 aromatic heterocycles. The van der Waals surface area contributed by atoms with Crippen molar-refractivity contribution >= 4 is 23.5 Å². The van der Waals surface area contributed by atoms with E-state index in [9.17, 15) is 19.5 Å². The molecule has 1 fully saturated rings. The average molecular weight is 366 g/mol. The standard InChI is InChI=1S/C21H22N2O4/c1-14-5-2-3-6-17(14)18(13-20(25)26)22-21(27)15-8-10-16(11-9-15)23-12-4-7-19(23)24/h2-3,5-6,8-11,18H,4,7,12-13H2,1H3,(H,22,27)(H,25,26)/t18-/m0/s1. The summed E-state index contributed by atoms with van der Waals surface area (Å²) >= 11 is 0. The second-order valence-corrected chi connectivity index (χ2v) is 6.68. The Labute approximate surface area is 157 Å². The Bertz CT molecular complexity index is 861. The van der Waals surface area contributed by atoms with Crippen LogP contribution in [0, 0.1) is 6.92 Å². The molecule has 1 saturated heterocycles. The van der Waals surface area contributed by atoms with Crippen LogP contribution in [0.2, 0.25) is 0 Å². The summed E-state index contributed by atoms with van der Waals surface area (Å²) in [6.45, 7) is 2.58. The lowest BCUT2D eigenvalue weighted by Crippen LogP contribution is -2.30. The molecule has 2 amide bonds. The topological polar surface area (TPSA) is 86.7 Å². The number of anilines is 1. The summed E-state index contributed by atoms with van der Waals surface area (Å²) in [5, 5.41) is 12.0. The molecule has 2 aromatic carbocycles. The molecule has 1 aliphatic rings. The average Bonchev–Trinajstić information content (AvgIpc) is 3.07. The Kier molecular flexibility index (Phi) is 5.54. The van der Waals surface area contributed by atoms with Crippen molar-refractivity contribution in [2.45, 2.75) is 32.2 Å². The van der Waals surface area contributed by atoms with Crippen LogP contribution in [-0.2, 0) is 9.59 Å². The maximum atomic E-state index is 12.6. The summed E-state index contributed by atoms with van der Waals surface area (Å²) in [7, 11) is 0. The molecule has 6 nitrogen and oxygen atoms in total. The highest BCUT2D eigenvalue weighted by molar-refractivity contribution is 5.97. The number of benzene rings is 2. The van der Waals surface area contributed by atoms with Gasteiger partial charge in [0, 0.05) is 24.2 Å². The molecule has 0 spiro atoms.